The van der Waals surface area contributed by atoms with Crippen LogP contribution in [-0.2, 0) is 5.04 Å². The van der Waals surface area contributed by atoms with E-state index in [1.165, 1.54) is 31.7 Å². The summed E-state index contributed by atoms with van der Waals surface area (Å²) in [5.41, 5.74) is 0.134. The Balaban J connectivity index is 2.45. The predicted octanol–water partition coefficient (Wildman–Crippen LogP) is 6.24. The van der Waals surface area contributed by atoms with Gasteiger partial charge in [0.1, 0.15) is 5.57 Å². The first-order valence-corrected chi connectivity index (χ1v) is 12.9. The van der Waals surface area contributed by atoms with Crippen LogP contribution < -0.4 is 0 Å². The second-order valence-corrected chi connectivity index (χ2v) is 17.2. The molecule has 0 aromatic heterocycles. The van der Waals surface area contributed by atoms with Crippen LogP contribution in [0, 0.1) is 0 Å². The van der Waals surface area contributed by atoms with Crippen LogP contribution in [0.4, 0.5) is 0 Å². The molecule has 0 aliphatic heterocycles. The molecule has 1 aliphatic carbocycles. The molecule has 1 atom stereocenters. The Morgan fingerprint density at radius 1 is 1.16 bits per heavy atom. The molecule has 1 aromatic rings. The van der Waals surface area contributed by atoms with E-state index in [4.69, 9.17) is 0 Å². The van der Waals surface area contributed by atoms with Gasteiger partial charge in [-0.15, -0.1) is 21.8 Å². The van der Waals surface area contributed by atoms with E-state index in [1.54, 1.807) is 5.56 Å². The molecule has 0 saturated heterocycles. The third-order valence-corrected chi connectivity index (χ3v) is 21.5. The Morgan fingerprint density at radius 2 is 1.68 bits per heavy atom. The van der Waals surface area contributed by atoms with Gasteiger partial charge in [0.2, 0.25) is 0 Å². The van der Waals surface area contributed by atoms with Gasteiger partial charge in [0, 0.05) is 0 Å². The molecule has 0 heterocycles. The Bertz CT molecular complexity index is 420. The Kier molecular flexibility index (Phi) is 4.51. The van der Waals surface area contributed by atoms with Crippen LogP contribution in [0.3, 0.4) is 0 Å². The van der Waals surface area contributed by atoms with Crippen molar-refractivity contribution in [3.8, 4) is 0 Å². The first-order chi connectivity index (χ1) is 8.87. The summed E-state index contributed by atoms with van der Waals surface area (Å²) in [6, 6.07) is 12.6. The molecule has 1 fully saturated rings. The first kappa shape index (κ1) is 15.6. The smallest absolute Gasteiger partial charge is 0.117 e. The second kappa shape index (κ2) is 5.51. The quantitative estimate of drug-likeness (QED) is 0.327. The van der Waals surface area contributed by atoms with Crippen molar-refractivity contribution in [2.24, 2.45) is 0 Å². The minimum atomic E-state index is -1.41. The van der Waals surface area contributed by atoms with Crippen LogP contribution in [0.2, 0.25) is 11.1 Å². The van der Waals surface area contributed by atoms with E-state index in [2.05, 4.69) is 79.8 Å². The van der Waals surface area contributed by atoms with Crippen molar-refractivity contribution in [2.75, 3.05) is 0 Å². The Hall–Kier alpha value is 0.167. The molecule has 2 heteroatoms. The lowest BCUT2D eigenvalue weighted by Crippen LogP contribution is -2.54. The van der Waals surface area contributed by atoms with Crippen LogP contribution in [-0.4, -0.2) is 5.57 Å². The van der Waals surface area contributed by atoms with Gasteiger partial charge in [0.15, 0.2) is 0 Å². The number of rotatable bonds is 4. The van der Waals surface area contributed by atoms with Crippen molar-refractivity contribution in [1.82, 2.24) is 0 Å². The summed E-state index contributed by atoms with van der Waals surface area (Å²) in [5, 5.41) is 0.963. The zero-order valence-electron chi connectivity index (χ0n) is 12.8. The molecule has 0 nitrogen and oxygen atoms in total. The standard InChI is InChI=1S/C17H27ISi/c1-5-19(18,17(4)13-9-10-14-17)16(2,3)15-11-7-6-8-12-15/h6-8,11-12H,5,9-10,13-14H2,1-4H3. The zero-order chi connectivity index (χ0) is 14.1. The molecule has 1 aromatic carbocycles. The minimum absolute atomic E-state index is 0.350. The summed E-state index contributed by atoms with van der Waals surface area (Å²) in [4.78, 5) is 0. The third-order valence-electron chi connectivity index (χ3n) is 5.64. The van der Waals surface area contributed by atoms with Gasteiger partial charge in [-0.05, 0) is 28.5 Å². The molecule has 0 spiro atoms. The maximum absolute atomic E-state index is 2.94. The van der Waals surface area contributed by atoms with Gasteiger partial charge < -0.3 is 0 Å². The van der Waals surface area contributed by atoms with E-state index in [9.17, 15) is 0 Å². The topological polar surface area (TPSA) is 0 Å². The van der Waals surface area contributed by atoms with E-state index in [1.807, 2.05) is 0 Å². The predicted molar refractivity (Wildman–Crippen MR) is 96.6 cm³/mol. The lowest BCUT2D eigenvalue weighted by atomic mass is 10.0. The van der Waals surface area contributed by atoms with Gasteiger partial charge >= 0.3 is 0 Å². The van der Waals surface area contributed by atoms with Crippen molar-refractivity contribution in [3.63, 3.8) is 0 Å². The maximum atomic E-state index is 2.94. The summed E-state index contributed by atoms with van der Waals surface area (Å²) in [7, 11) is 0. The Morgan fingerprint density at radius 3 is 2.16 bits per heavy atom. The maximum Gasteiger partial charge on any atom is 0.141 e. The Labute approximate surface area is 132 Å². The average Bonchev–Trinajstić information content (AvgIpc) is 2.87. The van der Waals surface area contributed by atoms with Crippen molar-refractivity contribution in [1.29, 1.82) is 0 Å². The molecular weight excluding hydrogens is 359 g/mol. The van der Waals surface area contributed by atoms with Gasteiger partial charge in [-0.2, -0.15) is 0 Å². The van der Waals surface area contributed by atoms with E-state index in [-0.39, 0.29) is 0 Å². The third kappa shape index (κ3) is 2.43. The van der Waals surface area contributed by atoms with E-state index < -0.39 is 5.57 Å². The van der Waals surface area contributed by atoms with Crippen LogP contribution >= 0.6 is 21.8 Å². The van der Waals surface area contributed by atoms with Crippen molar-refractivity contribution >= 4 is 27.4 Å². The van der Waals surface area contributed by atoms with Gasteiger partial charge in [-0.1, -0.05) is 76.9 Å². The highest BCUT2D eigenvalue weighted by atomic mass is 127. The highest BCUT2D eigenvalue weighted by Gasteiger charge is 2.57. The molecule has 1 saturated carbocycles. The lowest BCUT2D eigenvalue weighted by Gasteiger charge is -2.51. The van der Waals surface area contributed by atoms with Crippen LogP contribution in [0.25, 0.3) is 0 Å². The lowest BCUT2D eigenvalue weighted by molar-refractivity contribution is 0.564. The fraction of sp³-hybridized carbons (Fsp3) is 0.647. The molecule has 0 N–H and O–H groups in total. The van der Waals surface area contributed by atoms with Crippen LogP contribution in [0.15, 0.2) is 30.3 Å². The van der Waals surface area contributed by atoms with Crippen LogP contribution in [0.5, 0.6) is 0 Å². The van der Waals surface area contributed by atoms with Gasteiger partial charge in [-0.25, -0.2) is 0 Å². The summed E-state index contributed by atoms with van der Waals surface area (Å²) >= 11 is 2.94. The average molecular weight is 386 g/mol. The zero-order valence-corrected chi connectivity index (χ0v) is 16.0. The van der Waals surface area contributed by atoms with E-state index in [0.717, 1.165) is 0 Å². The molecule has 19 heavy (non-hydrogen) atoms. The first-order valence-electron chi connectivity index (χ1n) is 7.62. The summed E-state index contributed by atoms with van der Waals surface area (Å²) in [6.07, 6.45) is 5.79. The van der Waals surface area contributed by atoms with Crippen LogP contribution in [0.1, 0.15) is 58.9 Å². The van der Waals surface area contributed by atoms with Gasteiger partial charge in [0.25, 0.3) is 0 Å². The highest BCUT2D eigenvalue weighted by Crippen LogP contribution is 2.62. The van der Waals surface area contributed by atoms with E-state index in [0.29, 0.717) is 10.1 Å². The van der Waals surface area contributed by atoms with E-state index >= 15 is 0 Å². The second-order valence-electron chi connectivity index (χ2n) is 6.91. The summed E-state index contributed by atoms with van der Waals surface area (Å²) in [6.45, 7) is 10.0. The molecular formula is C17H27ISi. The fourth-order valence-electron chi connectivity index (χ4n) is 4.26. The summed E-state index contributed by atoms with van der Waals surface area (Å²) in [5.74, 6) is 0. The monoisotopic (exact) mass is 386 g/mol. The molecule has 1 aliphatic rings. The molecule has 1 unspecified atom stereocenters. The summed E-state index contributed by atoms with van der Waals surface area (Å²) < 4.78 is 0. The highest BCUT2D eigenvalue weighted by molar-refractivity contribution is 14.1. The van der Waals surface area contributed by atoms with Crippen molar-refractivity contribution in [3.05, 3.63) is 35.9 Å². The molecule has 0 bridgehead atoms. The fourth-order valence-corrected chi connectivity index (χ4v) is 11.8. The number of hydrogen-bond donors (Lipinski definition) is 0. The minimum Gasteiger partial charge on any atom is -0.117 e. The van der Waals surface area contributed by atoms with Crippen molar-refractivity contribution < 1.29 is 0 Å². The molecule has 0 radical (unpaired) electrons. The SMILES string of the molecule is CC[Si](I)(C1(C)CCCC1)C(C)(C)c1ccccc1. The number of benzene rings is 1. The molecule has 2 rings (SSSR count). The number of halogens is 1. The van der Waals surface area contributed by atoms with Crippen molar-refractivity contribution in [2.45, 2.75) is 69.5 Å². The number of hydrogen-bond acceptors (Lipinski definition) is 0. The van der Waals surface area contributed by atoms with Gasteiger partial charge in [0.05, 0.1) is 0 Å². The largest absolute Gasteiger partial charge is 0.141 e. The molecule has 0 amide bonds. The molecule has 106 valence electrons. The normalized spacial score (nSPS) is 22.2. The van der Waals surface area contributed by atoms with Gasteiger partial charge in [-0.3, -0.25) is 0 Å².